The lowest BCUT2D eigenvalue weighted by Gasteiger charge is -2.33. The lowest BCUT2D eigenvalue weighted by Crippen LogP contribution is -2.40. The Morgan fingerprint density at radius 2 is 1.76 bits per heavy atom. The quantitative estimate of drug-likeness (QED) is 0.741. The van der Waals surface area contributed by atoms with Crippen LogP contribution in [0.1, 0.15) is 24.0 Å². The van der Waals surface area contributed by atoms with Crippen LogP contribution in [0.25, 0.3) is 0 Å². The molecule has 0 aromatic heterocycles. The highest BCUT2D eigenvalue weighted by Crippen LogP contribution is 2.34. The first-order valence-corrected chi connectivity index (χ1v) is 5.53. The summed E-state index contributed by atoms with van der Waals surface area (Å²) in [6.45, 7) is 2.21. The van der Waals surface area contributed by atoms with Crippen LogP contribution in [0.5, 0.6) is 0 Å². The van der Waals surface area contributed by atoms with Crippen LogP contribution >= 0.6 is 0 Å². The summed E-state index contributed by atoms with van der Waals surface area (Å²) >= 11 is 0. The molecule has 0 radical (unpaired) electrons. The van der Waals surface area contributed by atoms with Crippen molar-refractivity contribution in [3.8, 4) is 0 Å². The Morgan fingerprint density at radius 3 is 2.35 bits per heavy atom. The molecule has 1 aromatic carbocycles. The minimum absolute atomic E-state index is 0.143. The molecule has 1 heterocycles. The molecule has 0 amide bonds. The third kappa shape index (κ3) is 2.05. The summed E-state index contributed by atoms with van der Waals surface area (Å²) < 4.78 is 40.3. The summed E-state index contributed by atoms with van der Waals surface area (Å²) in [6, 6.07) is 0.767. The van der Waals surface area contributed by atoms with Crippen molar-refractivity contribution < 1.29 is 18.3 Å². The second-order valence-corrected chi connectivity index (χ2v) is 4.44. The molecule has 94 valence electrons. The molecule has 0 unspecified atom stereocenters. The molecule has 1 fully saturated rings. The standard InChI is InChI=1S/C12H14F3NO/c1-7-10(14)8(6-9(13)11(7)15)12(17)2-4-16-5-3-12/h6,16-17H,2-5H2,1H3. The van der Waals surface area contributed by atoms with Crippen molar-refractivity contribution >= 4 is 0 Å². The Morgan fingerprint density at radius 1 is 1.18 bits per heavy atom. The van der Waals surface area contributed by atoms with Gasteiger partial charge in [0.1, 0.15) is 5.82 Å². The van der Waals surface area contributed by atoms with E-state index in [-0.39, 0.29) is 24.0 Å². The first kappa shape index (κ1) is 12.4. The SMILES string of the molecule is Cc1c(F)c(F)cc(C2(O)CCNCC2)c1F. The normalized spacial score (nSPS) is 19.4. The number of halogens is 3. The third-order valence-corrected chi connectivity index (χ3v) is 3.31. The van der Waals surface area contributed by atoms with Crippen molar-refractivity contribution in [3.63, 3.8) is 0 Å². The molecular weight excluding hydrogens is 231 g/mol. The molecule has 0 aliphatic carbocycles. The summed E-state index contributed by atoms with van der Waals surface area (Å²) in [5.41, 5.74) is -1.93. The number of hydrogen-bond acceptors (Lipinski definition) is 2. The second kappa shape index (κ2) is 4.31. The summed E-state index contributed by atoms with van der Waals surface area (Å²) in [5.74, 6) is -3.16. The zero-order chi connectivity index (χ0) is 12.6. The fourth-order valence-electron chi connectivity index (χ4n) is 2.18. The van der Waals surface area contributed by atoms with Crippen molar-refractivity contribution in [1.29, 1.82) is 0 Å². The summed E-state index contributed by atoms with van der Waals surface area (Å²) in [6.07, 6.45) is 0.572. The molecule has 2 nitrogen and oxygen atoms in total. The topological polar surface area (TPSA) is 32.3 Å². The predicted molar refractivity (Wildman–Crippen MR) is 57.1 cm³/mol. The van der Waals surface area contributed by atoms with Crippen LogP contribution in [-0.2, 0) is 5.60 Å². The van der Waals surface area contributed by atoms with Crippen LogP contribution in [0.15, 0.2) is 6.07 Å². The number of nitrogens with one attached hydrogen (secondary N) is 1. The molecule has 0 saturated carbocycles. The van der Waals surface area contributed by atoms with Crippen LogP contribution in [-0.4, -0.2) is 18.2 Å². The Hall–Kier alpha value is -1.07. The Labute approximate surface area is 97.5 Å². The van der Waals surface area contributed by atoms with Gasteiger partial charge in [0.05, 0.1) is 5.60 Å². The first-order chi connectivity index (χ1) is 7.96. The van der Waals surface area contributed by atoms with Gasteiger partial charge in [0.2, 0.25) is 0 Å². The zero-order valence-electron chi connectivity index (χ0n) is 9.49. The highest BCUT2D eigenvalue weighted by Gasteiger charge is 2.35. The molecular formula is C12H14F3NO. The van der Waals surface area contributed by atoms with Crippen molar-refractivity contribution in [2.75, 3.05) is 13.1 Å². The Balaban J connectivity index is 2.51. The molecule has 17 heavy (non-hydrogen) atoms. The number of hydrogen-bond donors (Lipinski definition) is 2. The average molecular weight is 245 g/mol. The summed E-state index contributed by atoms with van der Waals surface area (Å²) in [4.78, 5) is 0. The molecule has 2 rings (SSSR count). The summed E-state index contributed by atoms with van der Waals surface area (Å²) in [5, 5.41) is 13.3. The van der Waals surface area contributed by atoms with E-state index >= 15 is 0 Å². The second-order valence-electron chi connectivity index (χ2n) is 4.44. The van der Waals surface area contributed by atoms with E-state index in [1.807, 2.05) is 0 Å². The van der Waals surface area contributed by atoms with Gasteiger partial charge in [-0.25, -0.2) is 13.2 Å². The van der Waals surface area contributed by atoms with Crippen LogP contribution in [0.2, 0.25) is 0 Å². The third-order valence-electron chi connectivity index (χ3n) is 3.31. The van der Waals surface area contributed by atoms with Crippen molar-refractivity contribution in [2.24, 2.45) is 0 Å². The number of aliphatic hydroxyl groups is 1. The molecule has 1 saturated heterocycles. The smallest absolute Gasteiger partial charge is 0.164 e. The molecule has 2 N–H and O–H groups in total. The van der Waals surface area contributed by atoms with Crippen molar-refractivity contribution in [2.45, 2.75) is 25.4 Å². The Kier molecular flexibility index (Phi) is 3.14. The zero-order valence-corrected chi connectivity index (χ0v) is 9.49. The fraction of sp³-hybridized carbons (Fsp3) is 0.500. The lowest BCUT2D eigenvalue weighted by atomic mass is 9.84. The molecule has 1 aromatic rings. The monoisotopic (exact) mass is 245 g/mol. The van der Waals surface area contributed by atoms with E-state index in [0.29, 0.717) is 13.1 Å². The fourth-order valence-corrected chi connectivity index (χ4v) is 2.18. The Bertz CT molecular complexity index is 442. The molecule has 0 spiro atoms. The lowest BCUT2D eigenvalue weighted by molar-refractivity contribution is 0.00221. The van der Waals surface area contributed by atoms with E-state index in [1.54, 1.807) is 0 Å². The summed E-state index contributed by atoms with van der Waals surface area (Å²) in [7, 11) is 0. The van der Waals surface area contributed by atoms with E-state index in [2.05, 4.69) is 5.32 Å². The van der Waals surface area contributed by atoms with Gasteiger partial charge in [-0.3, -0.25) is 0 Å². The van der Waals surface area contributed by atoms with Crippen LogP contribution in [0.3, 0.4) is 0 Å². The maximum atomic E-state index is 13.9. The molecule has 0 atom stereocenters. The van der Waals surface area contributed by atoms with Crippen molar-refractivity contribution in [3.05, 3.63) is 34.6 Å². The number of benzene rings is 1. The largest absolute Gasteiger partial charge is 0.385 e. The van der Waals surface area contributed by atoms with E-state index in [4.69, 9.17) is 0 Å². The molecule has 5 heteroatoms. The molecule has 0 bridgehead atoms. The van der Waals surface area contributed by atoms with Crippen LogP contribution in [0, 0.1) is 24.4 Å². The number of rotatable bonds is 1. The van der Waals surface area contributed by atoms with Crippen LogP contribution < -0.4 is 5.32 Å². The first-order valence-electron chi connectivity index (χ1n) is 5.53. The van der Waals surface area contributed by atoms with Gasteiger partial charge in [-0.2, -0.15) is 0 Å². The highest BCUT2D eigenvalue weighted by atomic mass is 19.2. The minimum atomic E-state index is -1.41. The van der Waals surface area contributed by atoms with Gasteiger partial charge in [-0.15, -0.1) is 0 Å². The minimum Gasteiger partial charge on any atom is -0.385 e. The van der Waals surface area contributed by atoms with E-state index in [9.17, 15) is 18.3 Å². The van der Waals surface area contributed by atoms with Gasteiger partial charge in [-0.05, 0) is 38.9 Å². The average Bonchev–Trinajstić information content (AvgIpc) is 2.32. The molecule has 1 aliphatic rings. The van der Waals surface area contributed by atoms with Gasteiger partial charge in [-0.1, -0.05) is 0 Å². The van der Waals surface area contributed by atoms with Gasteiger partial charge >= 0.3 is 0 Å². The maximum absolute atomic E-state index is 13.9. The molecule has 1 aliphatic heterocycles. The predicted octanol–water partition coefficient (Wildman–Crippen LogP) is 1.98. The number of piperidine rings is 1. The van der Waals surface area contributed by atoms with Gasteiger partial charge < -0.3 is 10.4 Å². The van der Waals surface area contributed by atoms with Gasteiger partial charge in [0, 0.05) is 11.1 Å². The van der Waals surface area contributed by atoms with Crippen molar-refractivity contribution in [1.82, 2.24) is 5.32 Å². The van der Waals surface area contributed by atoms with E-state index in [0.717, 1.165) is 6.07 Å². The van der Waals surface area contributed by atoms with Crippen LogP contribution in [0.4, 0.5) is 13.2 Å². The maximum Gasteiger partial charge on any atom is 0.164 e. The highest BCUT2D eigenvalue weighted by molar-refractivity contribution is 5.32. The van der Waals surface area contributed by atoms with Gasteiger partial charge in [0.15, 0.2) is 11.6 Å². The van der Waals surface area contributed by atoms with E-state index in [1.165, 1.54) is 6.92 Å². The van der Waals surface area contributed by atoms with E-state index < -0.39 is 23.1 Å². The van der Waals surface area contributed by atoms with Gasteiger partial charge in [0.25, 0.3) is 0 Å².